The minimum Gasteiger partial charge on any atom is -0.480 e. The van der Waals surface area contributed by atoms with Gasteiger partial charge >= 0.3 is 5.97 Å². The lowest BCUT2D eigenvalue weighted by Gasteiger charge is -2.14. The number of benzene rings is 2. The van der Waals surface area contributed by atoms with Crippen LogP contribution in [0.3, 0.4) is 0 Å². The van der Waals surface area contributed by atoms with Gasteiger partial charge in [0.1, 0.15) is 6.04 Å². The Kier molecular flexibility index (Phi) is 7.91. The van der Waals surface area contributed by atoms with Gasteiger partial charge in [0.2, 0.25) is 0 Å². The van der Waals surface area contributed by atoms with Crippen molar-refractivity contribution < 1.29 is 14.7 Å². The number of amides is 1. The summed E-state index contributed by atoms with van der Waals surface area (Å²) >= 11 is 12.0. The van der Waals surface area contributed by atoms with Crippen LogP contribution in [0.4, 0.5) is 5.69 Å². The summed E-state index contributed by atoms with van der Waals surface area (Å²) in [5.74, 6) is -1.77. The molecule has 7 heteroatoms. The molecular weight excluding hydrogens is 399 g/mol. The lowest BCUT2D eigenvalue weighted by molar-refractivity contribution is -0.139. The SMILES string of the molecule is CC(C)Nc1ccc(/C=C/CC(NC(=O)c2c(Cl)cccc2Cl)C(=O)O)cc1. The third-order valence-corrected chi connectivity index (χ3v) is 4.47. The molecular formula is C21H22Cl2N2O3. The average molecular weight is 421 g/mol. The maximum Gasteiger partial charge on any atom is 0.326 e. The van der Waals surface area contributed by atoms with E-state index in [2.05, 4.69) is 24.5 Å². The minimum absolute atomic E-state index is 0.0642. The van der Waals surface area contributed by atoms with E-state index >= 15 is 0 Å². The monoisotopic (exact) mass is 420 g/mol. The molecule has 3 N–H and O–H groups in total. The van der Waals surface area contributed by atoms with E-state index in [-0.39, 0.29) is 22.0 Å². The molecule has 0 heterocycles. The minimum atomic E-state index is -1.14. The van der Waals surface area contributed by atoms with Gasteiger partial charge in [-0.15, -0.1) is 0 Å². The fourth-order valence-corrected chi connectivity index (χ4v) is 3.10. The van der Waals surface area contributed by atoms with Crippen LogP contribution in [0.5, 0.6) is 0 Å². The first-order chi connectivity index (χ1) is 13.3. The maximum atomic E-state index is 12.4. The largest absolute Gasteiger partial charge is 0.480 e. The number of aliphatic carboxylic acids is 1. The van der Waals surface area contributed by atoms with Crippen molar-refractivity contribution in [3.63, 3.8) is 0 Å². The first kappa shape index (κ1) is 21.8. The van der Waals surface area contributed by atoms with Crippen molar-refractivity contribution in [2.24, 2.45) is 0 Å². The van der Waals surface area contributed by atoms with Gasteiger partial charge in [-0.1, -0.05) is 53.6 Å². The van der Waals surface area contributed by atoms with Gasteiger partial charge in [-0.3, -0.25) is 4.79 Å². The Labute approximate surface area is 174 Å². The molecule has 0 aliphatic rings. The Morgan fingerprint density at radius 3 is 2.21 bits per heavy atom. The molecule has 0 aromatic heterocycles. The first-order valence-corrected chi connectivity index (χ1v) is 9.54. The molecule has 1 unspecified atom stereocenters. The highest BCUT2D eigenvalue weighted by molar-refractivity contribution is 6.39. The second-order valence-electron chi connectivity index (χ2n) is 6.52. The van der Waals surface area contributed by atoms with Gasteiger partial charge in [-0.05, 0) is 50.1 Å². The van der Waals surface area contributed by atoms with E-state index in [4.69, 9.17) is 23.2 Å². The van der Waals surface area contributed by atoms with Crippen molar-refractivity contribution in [3.8, 4) is 0 Å². The topological polar surface area (TPSA) is 78.4 Å². The van der Waals surface area contributed by atoms with E-state index in [0.29, 0.717) is 6.04 Å². The second kappa shape index (κ2) is 10.2. The van der Waals surface area contributed by atoms with Crippen LogP contribution in [-0.4, -0.2) is 29.1 Å². The third kappa shape index (κ3) is 6.29. The molecule has 0 aliphatic carbocycles. The van der Waals surface area contributed by atoms with Gasteiger partial charge in [-0.2, -0.15) is 0 Å². The summed E-state index contributed by atoms with van der Waals surface area (Å²) in [6.45, 7) is 4.12. The van der Waals surface area contributed by atoms with Crippen LogP contribution >= 0.6 is 23.2 Å². The van der Waals surface area contributed by atoms with Crippen molar-refractivity contribution >= 4 is 46.8 Å². The van der Waals surface area contributed by atoms with Gasteiger partial charge in [0, 0.05) is 11.7 Å². The van der Waals surface area contributed by atoms with E-state index in [1.807, 2.05) is 30.3 Å². The van der Waals surface area contributed by atoms with Crippen LogP contribution in [0.15, 0.2) is 48.5 Å². The van der Waals surface area contributed by atoms with Crippen LogP contribution in [0.1, 0.15) is 36.2 Å². The lowest BCUT2D eigenvalue weighted by atomic mass is 10.1. The molecule has 0 radical (unpaired) electrons. The highest BCUT2D eigenvalue weighted by Crippen LogP contribution is 2.24. The van der Waals surface area contributed by atoms with E-state index in [9.17, 15) is 14.7 Å². The number of carboxylic acid groups (broad SMARTS) is 1. The summed E-state index contributed by atoms with van der Waals surface area (Å²) in [6, 6.07) is 11.7. The number of carbonyl (C=O) groups excluding carboxylic acids is 1. The number of rotatable bonds is 8. The zero-order valence-corrected chi connectivity index (χ0v) is 17.1. The average Bonchev–Trinajstić information content (AvgIpc) is 2.61. The van der Waals surface area contributed by atoms with Gasteiger partial charge in [0.25, 0.3) is 5.91 Å². The lowest BCUT2D eigenvalue weighted by Crippen LogP contribution is -2.40. The predicted octanol–water partition coefficient (Wildman–Crippen LogP) is 5.10. The Morgan fingerprint density at radius 2 is 1.68 bits per heavy atom. The van der Waals surface area contributed by atoms with Crippen LogP contribution in [-0.2, 0) is 4.79 Å². The van der Waals surface area contributed by atoms with Gasteiger partial charge in [0.15, 0.2) is 0 Å². The summed E-state index contributed by atoms with van der Waals surface area (Å²) in [5, 5.41) is 15.5. The van der Waals surface area contributed by atoms with Crippen molar-refractivity contribution in [2.75, 3.05) is 5.32 Å². The molecule has 1 atom stereocenters. The second-order valence-corrected chi connectivity index (χ2v) is 7.33. The molecule has 2 rings (SSSR count). The molecule has 0 saturated carbocycles. The predicted molar refractivity (Wildman–Crippen MR) is 114 cm³/mol. The summed E-state index contributed by atoms with van der Waals surface area (Å²) in [6.07, 6.45) is 3.64. The normalized spacial score (nSPS) is 12.2. The molecule has 1 amide bonds. The number of hydrogen-bond acceptors (Lipinski definition) is 3. The zero-order chi connectivity index (χ0) is 20.7. The van der Waals surface area contributed by atoms with Gasteiger partial charge in [0.05, 0.1) is 15.6 Å². The molecule has 2 aromatic rings. The summed E-state index contributed by atoms with van der Waals surface area (Å²) in [5.41, 5.74) is 2.01. The number of hydrogen-bond donors (Lipinski definition) is 3. The molecule has 2 aromatic carbocycles. The zero-order valence-electron chi connectivity index (χ0n) is 15.6. The standard InChI is InChI=1S/C21H22Cl2N2O3/c1-13(2)24-15-11-9-14(10-12-15)5-3-8-18(21(27)28)25-20(26)19-16(22)6-4-7-17(19)23/h3-7,9-13,18,24H,8H2,1-2H3,(H,25,26)(H,27,28)/b5-3+. The molecule has 28 heavy (non-hydrogen) atoms. The molecule has 148 valence electrons. The Hall–Kier alpha value is -2.50. The van der Waals surface area contributed by atoms with Crippen molar-refractivity contribution in [3.05, 3.63) is 69.7 Å². The van der Waals surface area contributed by atoms with Crippen molar-refractivity contribution in [2.45, 2.75) is 32.4 Å². The number of carboxylic acids is 1. The van der Waals surface area contributed by atoms with Crippen LogP contribution < -0.4 is 10.6 Å². The van der Waals surface area contributed by atoms with E-state index in [0.717, 1.165) is 11.3 Å². The van der Waals surface area contributed by atoms with Crippen LogP contribution in [0, 0.1) is 0 Å². The first-order valence-electron chi connectivity index (χ1n) is 8.78. The third-order valence-electron chi connectivity index (χ3n) is 3.84. The van der Waals surface area contributed by atoms with E-state index in [1.54, 1.807) is 12.1 Å². The van der Waals surface area contributed by atoms with E-state index < -0.39 is 17.9 Å². The molecule has 0 saturated heterocycles. The number of carbonyl (C=O) groups is 2. The molecule has 0 aliphatic heterocycles. The van der Waals surface area contributed by atoms with Gasteiger partial charge < -0.3 is 15.7 Å². The summed E-state index contributed by atoms with van der Waals surface area (Å²) < 4.78 is 0. The van der Waals surface area contributed by atoms with Crippen LogP contribution in [0.25, 0.3) is 6.08 Å². The van der Waals surface area contributed by atoms with Crippen molar-refractivity contribution in [1.29, 1.82) is 0 Å². The van der Waals surface area contributed by atoms with Crippen LogP contribution in [0.2, 0.25) is 10.0 Å². The Bertz CT molecular complexity index is 844. The quantitative estimate of drug-likeness (QED) is 0.554. The van der Waals surface area contributed by atoms with E-state index in [1.165, 1.54) is 12.1 Å². The Morgan fingerprint density at radius 1 is 1.07 bits per heavy atom. The molecule has 0 fully saturated rings. The number of nitrogens with one attached hydrogen (secondary N) is 2. The highest BCUT2D eigenvalue weighted by Gasteiger charge is 2.22. The highest BCUT2D eigenvalue weighted by atomic mass is 35.5. The molecule has 0 spiro atoms. The van der Waals surface area contributed by atoms with Crippen molar-refractivity contribution in [1.82, 2.24) is 5.32 Å². The molecule has 0 bridgehead atoms. The molecule has 5 nitrogen and oxygen atoms in total. The van der Waals surface area contributed by atoms with Gasteiger partial charge in [-0.25, -0.2) is 4.79 Å². The Balaban J connectivity index is 2.02. The fraction of sp³-hybridized carbons (Fsp3) is 0.238. The number of halogens is 2. The maximum absolute atomic E-state index is 12.4. The fourth-order valence-electron chi connectivity index (χ4n) is 2.53. The number of anilines is 1. The smallest absolute Gasteiger partial charge is 0.326 e. The summed E-state index contributed by atoms with van der Waals surface area (Å²) in [7, 11) is 0. The summed E-state index contributed by atoms with van der Waals surface area (Å²) in [4.78, 5) is 23.9.